The van der Waals surface area contributed by atoms with Gasteiger partial charge in [0, 0.05) is 15.7 Å². The monoisotopic (exact) mass is 495 g/mol. The topological polar surface area (TPSA) is 85.6 Å². The smallest absolute Gasteiger partial charge is 0.257 e. The first kappa shape index (κ1) is 19.5. The summed E-state index contributed by atoms with van der Waals surface area (Å²) in [5.74, 6) is 1.30. The molecule has 2 N–H and O–H groups in total. The van der Waals surface area contributed by atoms with E-state index in [1.54, 1.807) is 36.4 Å². The lowest BCUT2D eigenvalue weighted by molar-refractivity contribution is 0.0977. The Kier molecular flexibility index (Phi) is 5.05. The van der Waals surface area contributed by atoms with Gasteiger partial charge in [0.05, 0.1) is 5.56 Å². The molecule has 0 atom stereocenters. The summed E-state index contributed by atoms with van der Waals surface area (Å²) in [5.41, 5.74) is 3.26. The summed E-state index contributed by atoms with van der Waals surface area (Å²) in [4.78, 5) is 17.0. The Morgan fingerprint density at radius 3 is 2.74 bits per heavy atom. The van der Waals surface area contributed by atoms with E-state index in [9.17, 15) is 4.79 Å². The molecule has 154 valence electrons. The zero-order valence-corrected chi connectivity index (χ0v) is 18.2. The van der Waals surface area contributed by atoms with E-state index in [-0.39, 0.29) is 17.8 Å². The van der Waals surface area contributed by atoms with E-state index in [1.807, 2.05) is 24.3 Å². The number of rotatable bonds is 3. The standard InChI is InChI=1S/C22H14BrN3O4S/c23-15-4-2-1-3-14(15)21-25-16-10-13(6-8-17(16)30-21)24-22(31)26-20(27)12-5-7-18-19(9-12)29-11-28-18/h1-10H,11H2,(H2,24,26,27,31). The number of anilines is 1. The van der Waals surface area contributed by atoms with E-state index in [0.717, 1.165) is 10.0 Å². The van der Waals surface area contributed by atoms with Gasteiger partial charge >= 0.3 is 0 Å². The number of ether oxygens (including phenoxy) is 2. The van der Waals surface area contributed by atoms with Gasteiger partial charge in [0.2, 0.25) is 12.7 Å². The molecule has 0 unspecified atom stereocenters. The van der Waals surface area contributed by atoms with Crippen molar-refractivity contribution in [2.24, 2.45) is 0 Å². The maximum atomic E-state index is 12.5. The molecule has 2 heterocycles. The number of hydrogen-bond acceptors (Lipinski definition) is 6. The molecule has 31 heavy (non-hydrogen) atoms. The summed E-state index contributed by atoms with van der Waals surface area (Å²) in [5, 5.41) is 5.82. The molecule has 4 aromatic rings. The number of benzene rings is 3. The average Bonchev–Trinajstić information content (AvgIpc) is 3.39. The van der Waals surface area contributed by atoms with Crippen molar-refractivity contribution in [3.8, 4) is 23.0 Å². The van der Waals surface area contributed by atoms with Crippen molar-refractivity contribution in [2.45, 2.75) is 0 Å². The van der Waals surface area contributed by atoms with Gasteiger partial charge < -0.3 is 19.2 Å². The number of thiocarbonyl (C=S) groups is 1. The van der Waals surface area contributed by atoms with Crippen LogP contribution in [0.15, 0.2) is 69.6 Å². The largest absolute Gasteiger partial charge is 0.454 e. The van der Waals surface area contributed by atoms with Crippen molar-refractivity contribution >= 4 is 56.0 Å². The van der Waals surface area contributed by atoms with E-state index in [1.165, 1.54) is 0 Å². The van der Waals surface area contributed by atoms with Crippen molar-refractivity contribution < 1.29 is 18.7 Å². The van der Waals surface area contributed by atoms with E-state index in [4.69, 9.17) is 26.1 Å². The van der Waals surface area contributed by atoms with Gasteiger partial charge in [-0.3, -0.25) is 10.1 Å². The molecule has 0 spiro atoms. The second-order valence-electron chi connectivity index (χ2n) is 6.66. The van der Waals surface area contributed by atoms with E-state index < -0.39 is 0 Å². The first-order valence-corrected chi connectivity index (χ1v) is 10.4. The van der Waals surface area contributed by atoms with Gasteiger partial charge in [-0.1, -0.05) is 12.1 Å². The van der Waals surface area contributed by atoms with Crippen LogP contribution < -0.4 is 20.1 Å². The summed E-state index contributed by atoms with van der Waals surface area (Å²) in [6, 6.07) is 18.1. The van der Waals surface area contributed by atoms with Crippen molar-refractivity contribution in [3.05, 3.63) is 70.7 Å². The molecule has 0 saturated heterocycles. The molecule has 1 aliphatic rings. The highest BCUT2D eigenvalue weighted by Gasteiger charge is 2.17. The number of halogens is 1. The Morgan fingerprint density at radius 1 is 1.03 bits per heavy atom. The third-order valence-corrected chi connectivity index (χ3v) is 5.51. The zero-order valence-electron chi connectivity index (χ0n) is 15.8. The highest BCUT2D eigenvalue weighted by atomic mass is 79.9. The predicted octanol–water partition coefficient (Wildman–Crippen LogP) is 5.11. The lowest BCUT2D eigenvalue weighted by atomic mass is 10.2. The van der Waals surface area contributed by atoms with Gasteiger partial charge in [-0.15, -0.1) is 0 Å². The molecular weight excluding hydrogens is 482 g/mol. The molecule has 0 saturated carbocycles. The van der Waals surface area contributed by atoms with Crippen LogP contribution in [-0.4, -0.2) is 22.8 Å². The zero-order chi connectivity index (χ0) is 21.4. The van der Waals surface area contributed by atoms with E-state index in [0.29, 0.717) is 39.7 Å². The molecule has 7 nitrogen and oxygen atoms in total. The molecule has 0 radical (unpaired) electrons. The van der Waals surface area contributed by atoms with Crippen LogP contribution in [0.1, 0.15) is 10.4 Å². The van der Waals surface area contributed by atoms with Crippen molar-refractivity contribution in [2.75, 3.05) is 12.1 Å². The van der Waals surface area contributed by atoms with Crippen LogP contribution in [0.2, 0.25) is 0 Å². The Labute approximate surface area is 190 Å². The number of nitrogens with one attached hydrogen (secondary N) is 2. The summed E-state index contributed by atoms with van der Waals surface area (Å²) >= 11 is 8.80. The fraction of sp³-hybridized carbons (Fsp3) is 0.0455. The fourth-order valence-electron chi connectivity index (χ4n) is 3.13. The molecule has 0 fully saturated rings. The van der Waals surface area contributed by atoms with E-state index in [2.05, 4.69) is 31.5 Å². The molecule has 9 heteroatoms. The molecule has 0 aliphatic carbocycles. The number of aromatic nitrogens is 1. The second-order valence-corrected chi connectivity index (χ2v) is 7.92. The first-order chi connectivity index (χ1) is 15.1. The summed E-state index contributed by atoms with van der Waals surface area (Å²) in [6.45, 7) is 0.147. The molecule has 3 aromatic carbocycles. The van der Waals surface area contributed by atoms with E-state index >= 15 is 0 Å². The Hall–Kier alpha value is -3.43. The minimum Gasteiger partial charge on any atom is -0.454 e. The first-order valence-electron chi connectivity index (χ1n) is 9.24. The highest BCUT2D eigenvalue weighted by Crippen LogP contribution is 2.33. The van der Waals surface area contributed by atoms with Crippen LogP contribution in [0.3, 0.4) is 0 Å². The van der Waals surface area contributed by atoms with Crippen LogP contribution in [0, 0.1) is 0 Å². The van der Waals surface area contributed by atoms with Gasteiger partial charge in [-0.05, 0) is 76.7 Å². The normalized spacial score (nSPS) is 12.0. The van der Waals surface area contributed by atoms with Gasteiger partial charge in [-0.25, -0.2) is 4.98 Å². The lowest BCUT2D eigenvalue weighted by Gasteiger charge is -2.09. The summed E-state index contributed by atoms with van der Waals surface area (Å²) in [6.07, 6.45) is 0. The third kappa shape index (κ3) is 3.97. The fourth-order valence-corrected chi connectivity index (χ4v) is 3.80. The van der Waals surface area contributed by atoms with Gasteiger partial charge in [0.15, 0.2) is 22.2 Å². The van der Waals surface area contributed by atoms with Crippen LogP contribution in [-0.2, 0) is 0 Å². The predicted molar refractivity (Wildman–Crippen MR) is 123 cm³/mol. The Bertz CT molecular complexity index is 1340. The van der Waals surface area contributed by atoms with Gasteiger partial charge in [0.1, 0.15) is 5.52 Å². The average molecular weight is 496 g/mol. The van der Waals surface area contributed by atoms with Gasteiger partial charge in [0.25, 0.3) is 5.91 Å². The highest BCUT2D eigenvalue weighted by molar-refractivity contribution is 9.10. The summed E-state index contributed by atoms with van der Waals surface area (Å²) < 4.78 is 17.3. The molecule has 5 rings (SSSR count). The summed E-state index contributed by atoms with van der Waals surface area (Å²) in [7, 11) is 0. The number of nitrogens with zero attached hydrogens (tertiary/aromatic N) is 1. The Morgan fingerprint density at radius 2 is 1.87 bits per heavy atom. The number of oxazole rings is 1. The lowest BCUT2D eigenvalue weighted by Crippen LogP contribution is -2.34. The number of carbonyl (C=O) groups is 1. The number of hydrogen-bond donors (Lipinski definition) is 2. The molecule has 1 aliphatic heterocycles. The molecule has 0 bridgehead atoms. The van der Waals surface area contributed by atoms with Crippen LogP contribution in [0.4, 0.5) is 5.69 Å². The molecular formula is C22H14BrN3O4S. The SMILES string of the molecule is O=C(NC(=S)Nc1ccc2oc(-c3ccccc3Br)nc2c1)c1ccc2c(c1)OCO2. The molecule has 1 aromatic heterocycles. The van der Waals surface area contributed by atoms with Crippen LogP contribution in [0.5, 0.6) is 11.5 Å². The minimum atomic E-state index is -0.352. The Balaban J connectivity index is 1.30. The number of amides is 1. The number of fused-ring (bicyclic) bond motifs is 2. The second kappa shape index (κ2) is 8.01. The quantitative estimate of drug-likeness (QED) is 0.381. The maximum Gasteiger partial charge on any atom is 0.257 e. The van der Waals surface area contributed by atoms with Crippen molar-refractivity contribution in [1.29, 1.82) is 0 Å². The number of carbonyl (C=O) groups excluding carboxylic acids is 1. The third-order valence-electron chi connectivity index (χ3n) is 4.61. The van der Waals surface area contributed by atoms with Gasteiger partial charge in [-0.2, -0.15) is 0 Å². The van der Waals surface area contributed by atoms with Crippen LogP contribution >= 0.6 is 28.1 Å². The van der Waals surface area contributed by atoms with Crippen LogP contribution in [0.25, 0.3) is 22.6 Å². The van der Waals surface area contributed by atoms with Crippen molar-refractivity contribution in [1.82, 2.24) is 10.3 Å². The van der Waals surface area contributed by atoms with Crippen molar-refractivity contribution in [3.63, 3.8) is 0 Å². The minimum absolute atomic E-state index is 0.147. The molecule has 1 amide bonds. The maximum absolute atomic E-state index is 12.5.